The number of alkyl halides is 4. The quantitative estimate of drug-likeness (QED) is 0.536. The van der Waals surface area contributed by atoms with Crippen LogP contribution in [0, 0.1) is 0 Å². The van der Waals surface area contributed by atoms with E-state index in [4.69, 9.17) is 34.8 Å². The maximum atomic E-state index is 11.4. The molecule has 2 N–H and O–H groups in total. The number of carbonyl (C=O) groups excluding carboxylic acids is 1. The molecular formula is C8H11Cl3INO2. The van der Waals surface area contributed by atoms with E-state index in [0.29, 0.717) is 6.42 Å². The Kier molecular flexibility index (Phi) is 5.24. The molecule has 1 aliphatic carbocycles. The normalized spacial score (nSPS) is 32.5. The summed E-state index contributed by atoms with van der Waals surface area (Å²) < 4.78 is -1.82. The summed E-state index contributed by atoms with van der Waals surface area (Å²) in [6, 6.07) is -0.316. The summed E-state index contributed by atoms with van der Waals surface area (Å²) in [4.78, 5) is 11.4. The first-order valence-corrected chi connectivity index (χ1v) is 6.90. The predicted molar refractivity (Wildman–Crippen MR) is 69.9 cm³/mol. The lowest BCUT2D eigenvalue weighted by molar-refractivity contribution is -0.122. The van der Waals surface area contributed by atoms with Crippen LogP contribution in [0.4, 0.5) is 0 Å². The van der Waals surface area contributed by atoms with Gasteiger partial charge in [-0.05, 0) is 12.8 Å². The van der Waals surface area contributed by atoms with Crippen molar-refractivity contribution < 1.29 is 9.90 Å². The van der Waals surface area contributed by atoms with Crippen LogP contribution >= 0.6 is 57.4 Å². The van der Waals surface area contributed by atoms with Gasteiger partial charge in [0.15, 0.2) is 0 Å². The van der Waals surface area contributed by atoms with Crippen molar-refractivity contribution in [1.29, 1.82) is 0 Å². The maximum absolute atomic E-state index is 11.4. The predicted octanol–water partition coefficient (Wildman–Crippen LogP) is 2.19. The molecule has 3 nitrogen and oxygen atoms in total. The van der Waals surface area contributed by atoms with Crippen molar-refractivity contribution in [3.63, 3.8) is 0 Å². The second kappa shape index (κ2) is 5.58. The Labute approximate surface area is 117 Å². The molecule has 15 heavy (non-hydrogen) atoms. The molecular weight excluding hydrogens is 375 g/mol. The first-order chi connectivity index (χ1) is 6.82. The van der Waals surface area contributed by atoms with E-state index in [9.17, 15) is 9.90 Å². The van der Waals surface area contributed by atoms with Gasteiger partial charge in [0.25, 0.3) is 9.70 Å². The van der Waals surface area contributed by atoms with Crippen LogP contribution < -0.4 is 5.32 Å². The highest BCUT2D eigenvalue weighted by atomic mass is 127. The molecule has 0 aromatic rings. The third kappa shape index (κ3) is 4.07. The summed E-state index contributed by atoms with van der Waals surface area (Å²) in [6.45, 7) is 0. The molecule has 0 saturated heterocycles. The average molecular weight is 386 g/mol. The molecule has 1 saturated carbocycles. The van der Waals surface area contributed by atoms with Crippen molar-refractivity contribution in [3.05, 3.63) is 0 Å². The van der Waals surface area contributed by atoms with E-state index in [1.807, 2.05) is 0 Å². The number of carbonyl (C=O) groups is 1. The number of aliphatic hydroxyl groups excluding tert-OH is 1. The molecule has 1 amide bonds. The van der Waals surface area contributed by atoms with Crippen LogP contribution in [0.25, 0.3) is 0 Å². The zero-order chi connectivity index (χ0) is 11.6. The highest BCUT2D eigenvalue weighted by Gasteiger charge is 2.36. The second-order valence-electron chi connectivity index (χ2n) is 3.52. The fourth-order valence-electron chi connectivity index (χ4n) is 1.53. The summed E-state index contributed by atoms with van der Waals surface area (Å²) in [7, 11) is 0. The molecule has 1 fully saturated rings. The molecule has 0 aliphatic heterocycles. The van der Waals surface area contributed by atoms with E-state index in [0.717, 1.165) is 12.8 Å². The molecule has 0 heterocycles. The van der Waals surface area contributed by atoms with Gasteiger partial charge in [-0.15, -0.1) is 0 Å². The summed E-state index contributed by atoms with van der Waals surface area (Å²) in [6.07, 6.45) is 2.04. The number of aliphatic hydroxyl groups is 1. The van der Waals surface area contributed by atoms with E-state index in [1.54, 1.807) is 0 Å². The molecule has 88 valence electrons. The molecule has 3 atom stereocenters. The molecule has 7 heteroatoms. The van der Waals surface area contributed by atoms with Crippen LogP contribution in [0.3, 0.4) is 0 Å². The van der Waals surface area contributed by atoms with Crippen molar-refractivity contribution in [2.24, 2.45) is 0 Å². The summed E-state index contributed by atoms with van der Waals surface area (Å²) in [5.74, 6) is -0.679. The average Bonchev–Trinajstić information content (AvgIpc) is 2.11. The minimum absolute atomic E-state index is 0.136. The van der Waals surface area contributed by atoms with Crippen LogP contribution in [0.15, 0.2) is 0 Å². The smallest absolute Gasteiger partial charge is 0.272 e. The van der Waals surface area contributed by atoms with Crippen LogP contribution in [0.2, 0.25) is 0 Å². The van der Waals surface area contributed by atoms with E-state index in [2.05, 4.69) is 27.9 Å². The van der Waals surface area contributed by atoms with E-state index >= 15 is 0 Å². The first-order valence-electron chi connectivity index (χ1n) is 4.52. The summed E-state index contributed by atoms with van der Waals surface area (Å²) >= 11 is 18.4. The number of amides is 1. The Morgan fingerprint density at radius 2 is 2.00 bits per heavy atom. The fourth-order valence-corrected chi connectivity index (χ4v) is 2.64. The van der Waals surface area contributed by atoms with Crippen molar-refractivity contribution in [1.82, 2.24) is 5.32 Å². The van der Waals surface area contributed by atoms with Crippen molar-refractivity contribution in [3.8, 4) is 0 Å². The molecule has 0 aromatic carbocycles. The van der Waals surface area contributed by atoms with Gasteiger partial charge in [-0.1, -0.05) is 63.8 Å². The minimum atomic E-state index is -1.96. The topological polar surface area (TPSA) is 49.3 Å². The molecule has 0 bridgehead atoms. The summed E-state index contributed by atoms with van der Waals surface area (Å²) in [5.41, 5.74) is 0. The second-order valence-corrected chi connectivity index (χ2v) is 7.40. The van der Waals surface area contributed by atoms with Gasteiger partial charge >= 0.3 is 0 Å². The maximum Gasteiger partial charge on any atom is 0.272 e. The first kappa shape index (κ1) is 14.1. The third-order valence-corrected chi connectivity index (χ3v) is 4.23. The van der Waals surface area contributed by atoms with Gasteiger partial charge in [0.05, 0.1) is 12.1 Å². The van der Waals surface area contributed by atoms with Crippen molar-refractivity contribution in [2.45, 2.75) is 39.1 Å². The van der Waals surface area contributed by atoms with Gasteiger partial charge in [0.2, 0.25) is 0 Å². The standard InChI is InChI=1S/C8H11Cl3INO2/c9-8(10,11)7(15)13-5-3-1-2-4(12)6(5)14/h4-6,14H,1-3H2,(H,13,15)/t4-,5-,6+/m0/s1. The van der Waals surface area contributed by atoms with Gasteiger partial charge in [-0.3, -0.25) is 4.79 Å². The molecule has 1 aliphatic rings. The third-order valence-electron chi connectivity index (χ3n) is 2.35. The Hall–Kier alpha value is 1.03. The number of halogens is 4. The molecule has 0 aromatic heterocycles. The lowest BCUT2D eigenvalue weighted by Gasteiger charge is -2.32. The number of nitrogens with one attached hydrogen (secondary N) is 1. The largest absolute Gasteiger partial charge is 0.390 e. The zero-order valence-electron chi connectivity index (χ0n) is 7.72. The van der Waals surface area contributed by atoms with Crippen LogP contribution in [-0.2, 0) is 4.79 Å². The van der Waals surface area contributed by atoms with Gasteiger partial charge < -0.3 is 10.4 Å². The fraction of sp³-hybridized carbons (Fsp3) is 0.875. The van der Waals surface area contributed by atoms with E-state index < -0.39 is 15.8 Å². The van der Waals surface area contributed by atoms with Gasteiger partial charge in [0.1, 0.15) is 0 Å². The molecule has 0 unspecified atom stereocenters. The van der Waals surface area contributed by atoms with Crippen molar-refractivity contribution in [2.75, 3.05) is 0 Å². The monoisotopic (exact) mass is 385 g/mol. The molecule has 1 rings (SSSR count). The zero-order valence-corrected chi connectivity index (χ0v) is 12.1. The number of hydrogen-bond acceptors (Lipinski definition) is 2. The Balaban J connectivity index is 2.54. The lowest BCUT2D eigenvalue weighted by atomic mass is 9.92. The number of rotatable bonds is 1. The highest BCUT2D eigenvalue weighted by Crippen LogP contribution is 2.29. The minimum Gasteiger partial charge on any atom is -0.390 e. The summed E-state index contributed by atoms with van der Waals surface area (Å²) in [5, 5.41) is 12.4. The Morgan fingerprint density at radius 3 is 2.53 bits per heavy atom. The van der Waals surface area contributed by atoms with Gasteiger partial charge in [0, 0.05) is 3.92 Å². The van der Waals surface area contributed by atoms with Crippen molar-refractivity contribution >= 4 is 63.3 Å². The SMILES string of the molecule is O=C(N[C@H]1CCC[C@H](I)[C@H]1O)C(Cl)(Cl)Cl. The van der Waals surface area contributed by atoms with Crippen LogP contribution in [0.1, 0.15) is 19.3 Å². The lowest BCUT2D eigenvalue weighted by Crippen LogP contribution is -2.52. The Morgan fingerprint density at radius 1 is 1.40 bits per heavy atom. The van der Waals surface area contributed by atoms with E-state index in [-0.39, 0.29) is 9.97 Å². The Bertz CT molecular complexity index is 247. The van der Waals surface area contributed by atoms with Gasteiger partial charge in [-0.25, -0.2) is 0 Å². The number of hydrogen-bond donors (Lipinski definition) is 2. The molecule has 0 spiro atoms. The van der Waals surface area contributed by atoms with Crippen LogP contribution in [-0.4, -0.2) is 30.9 Å². The van der Waals surface area contributed by atoms with E-state index in [1.165, 1.54) is 0 Å². The molecule has 0 radical (unpaired) electrons. The van der Waals surface area contributed by atoms with Crippen LogP contribution in [0.5, 0.6) is 0 Å². The highest BCUT2D eigenvalue weighted by molar-refractivity contribution is 14.1. The van der Waals surface area contributed by atoms with Gasteiger partial charge in [-0.2, -0.15) is 0 Å².